The molecule has 4 N–H and O–H groups in total. The van der Waals surface area contributed by atoms with Crippen LogP contribution in [0.5, 0.6) is 0 Å². The highest BCUT2D eigenvalue weighted by atomic mass is 16.6. The molecule has 0 saturated carbocycles. The summed E-state index contributed by atoms with van der Waals surface area (Å²) in [6.45, 7) is 4.91. The quantitative estimate of drug-likeness (QED) is 0.235. The summed E-state index contributed by atoms with van der Waals surface area (Å²) in [7, 11) is 0. The van der Waals surface area contributed by atoms with Gasteiger partial charge in [-0.15, -0.1) is 0 Å². The molecule has 0 spiro atoms. The number of unbranched alkanes of at least 4 members (excludes halogenated alkanes) is 2. The summed E-state index contributed by atoms with van der Waals surface area (Å²) in [5.74, 6) is -0.722. The number of esters is 1. The van der Waals surface area contributed by atoms with Crippen LogP contribution in [0, 0.1) is 0 Å². The lowest BCUT2D eigenvalue weighted by molar-refractivity contribution is -0.172. The van der Waals surface area contributed by atoms with E-state index in [1.165, 1.54) is 0 Å². The van der Waals surface area contributed by atoms with Crippen LogP contribution in [0.1, 0.15) is 56.2 Å². The summed E-state index contributed by atoms with van der Waals surface area (Å²) in [6, 6.07) is 7.52. The molecule has 2 aliphatic heterocycles. The van der Waals surface area contributed by atoms with Crippen LogP contribution in [0.2, 0.25) is 0 Å². The molecule has 1 aromatic carbocycles. The molecule has 2 aromatic heterocycles. The van der Waals surface area contributed by atoms with Gasteiger partial charge in [0.1, 0.15) is 6.61 Å². The van der Waals surface area contributed by atoms with Gasteiger partial charge in [-0.1, -0.05) is 26.7 Å². The van der Waals surface area contributed by atoms with Crippen LogP contribution in [0.15, 0.2) is 29.1 Å². The van der Waals surface area contributed by atoms with Crippen molar-refractivity contribution in [2.45, 2.75) is 58.3 Å². The lowest BCUT2D eigenvalue weighted by atomic mass is 9.86. The van der Waals surface area contributed by atoms with Gasteiger partial charge in [-0.05, 0) is 37.1 Å². The number of pyridine rings is 2. The van der Waals surface area contributed by atoms with Gasteiger partial charge in [0.15, 0.2) is 5.60 Å². The summed E-state index contributed by atoms with van der Waals surface area (Å²) < 4.78 is 6.78. The number of nitrogen functional groups attached to an aromatic ring is 1. The number of nitrogens with one attached hydrogen (secondary N) is 1. The summed E-state index contributed by atoms with van der Waals surface area (Å²) >= 11 is 0. The Labute approximate surface area is 191 Å². The van der Waals surface area contributed by atoms with E-state index in [1.54, 1.807) is 17.6 Å². The van der Waals surface area contributed by atoms with Gasteiger partial charge in [-0.25, -0.2) is 9.78 Å². The number of anilines is 2. The van der Waals surface area contributed by atoms with E-state index in [9.17, 15) is 14.7 Å². The van der Waals surface area contributed by atoms with E-state index in [-0.39, 0.29) is 18.6 Å². The van der Waals surface area contributed by atoms with Gasteiger partial charge >= 0.3 is 5.97 Å². The van der Waals surface area contributed by atoms with E-state index in [4.69, 9.17) is 15.5 Å². The highest BCUT2D eigenvalue weighted by Gasteiger charge is 2.45. The summed E-state index contributed by atoms with van der Waals surface area (Å²) in [5.41, 5.74) is 9.17. The second-order valence-electron chi connectivity index (χ2n) is 8.87. The van der Waals surface area contributed by atoms with E-state index in [2.05, 4.69) is 12.2 Å². The van der Waals surface area contributed by atoms with Crippen LogP contribution in [0.4, 0.5) is 11.4 Å². The number of carbonyl (C=O) groups is 1. The number of rotatable bonds is 6. The number of hydrogen-bond donors (Lipinski definition) is 3. The lowest BCUT2D eigenvalue weighted by Crippen LogP contribution is -2.44. The van der Waals surface area contributed by atoms with Crippen molar-refractivity contribution in [1.29, 1.82) is 0 Å². The predicted molar refractivity (Wildman–Crippen MR) is 127 cm³/mol. The van der Waals surface area contributed by atoms with Crippen molar-refractivity contribution < 1.29 is 14.6 Å². The van der Waals surface area contributed by atoms with Crippen molar-refractivity contribution in [2.24, 2.45) is 0 Å². The topological polar surface area (TPSA) is 119 Å². The van der Waals surface area contributed by atoms with E-state index in [0.29, 0.717) is 34.7 Å². The molecule has 5 rings (SSSR count). The molecule has 3 aromatic rings. The number of hydrogen-bond acceptors (Lipinski definition) is 7. The first kappa shape index (κ1) is 21.5. The molecule has 0 saturated heterocycles. The standard InChI is InChI=1S/C25H28N4O4/c1-3-5-6-7-27-19-10-16(26)9-14-8-15-12-29-20(22(15)28-21(14)19)11-18-17(23(29)30)13-33-24(31)25(18,32)4-2/h8-11,27,32H,3-7,12-13,26H2,1-2H3/t25-/m0/s1. The fraction of sp³-hybridized carbons (Fsp3) is 0.400. The largest absolute Gasteiger partial charge is 0.458 e. The molecule has 1 atom stereocenters. The number of carbonyl (C=O) groups excluding carboxylic acids is 1. The fourth-order valence-corrected chi connectivity index (χ4v) is 4.85. The van der Waals surface area contributed by atoms with E-state index in [0.717, 1.165) is 48.0 Å². The van der Waals surface area contributed by atoms with Crippen molar-refractivity contribution in [2.75, 3.05) is 17.6 Å². The molecule has 0 unspecified atom stereocenters. The third-order valence-electron chi connectivity index (χ3n) is 6.73. The zero-order valence-corrected chi connectivity index (χ0v) is 18.9. The van der Waals surface area contributed by atoms with Crippen LogP contribution in [0.25, 0.3) is 22.3 Å². The SMILES string of the molecule is CCCCCNc1cc(N)cc2cc3c(nc12)-c1cc2c(c(=O)n1C3)COC(=O)[C@]2(O)CC. The average molecular weight is 449 g/mol. The van der Waals surface area contributed by atoms with E-state index >= 15 is 0 Å². The molecule has 0 fully saturated rings. The Morgan fingerprint density at radius 3 is 2.79 bits per heavy atom. The molecule has 0 amide bonds. The Kier molecular flexibility index (Phi) is 5.12. The lowest BCUT2D eigenvalue weighted by Gasteiger charge is -2.31. The molecule has 0 aliphatic carbocycles. The number of nitrogens with zero attached hydrogens (tertiary/aromatic N) is 2. The summed E-state index contributed by atoms with van der Waals surface area (Å²) in [6.07, 6.45) is 3.44. The highest BCUT2D eigenvalue weighted by molar-refractivity contribution is 5.96. The molecular weight excluding hydrogens is 420 g/mol. The Morgan fingerprint density at radius 1 is 1.21 bits per heavy atom. The number of benzene rings is 1. The number of nitrogens with two attached hydrogens (primary N) is 1. The Bertz CT molecular complexity index is 1350. The zero-order valence-electron chi connectivity index (χ0n) is 18.9. The van der Waals surface area contributed by atoms with Crippen molar-refractivity contribution in [3.05, 3.63) is 51.3 Å². The van der Waals surface area contributed by atoms with Gasteiger partial charge in [-0.2, -0.15) is 0 Å². The maximum Gasteiger partial charge on any atom is 0.343 e. The van der Waals surface area contributed by atoms with Gasteiger partial charge < -0.3 is 25.5 Å². The number of fused-ring (bicyclic) bond motifs is 5. The van der Waals surface area contributed by atoms with Gasteiger partial charge in [0, 0.05) is 28.7 Å². The summed E-state index contributed by atoms with van der Waals surface area (Å²) in [4.78, 5) is 30.6. The second-order valence-corrected chi connectivity index (χ2v) is 8.87. The van der Waals surface area contributed by atoms with Gasteiger partial charge in [-0.3, -0.25) is 4.79 Å². The minimum absolute atomic E-state index is 0.116. The van der Waals surface area contributed by atoms with E-state index < -0.39 is 11.6 Å². The fourth-order valence-electron chi connectivity index (χ4n) is 4.85. The minimum Gasteiger partial charge on any atom is -0.458 e. The van der Waals surface area contributed by atoms with Crippen LogP contribution < -0.4 is 16.6 Å². The normalized spacial score (nSPS) is 18.6. The van der Waals surface area contributed by atoms with Crippen molar-refractivity contribution in [3.8, 4) is 11.4 Å². The molecule has 0 radical (unpaired) electrons. The number of cyclic esters (lactones) is 1. The van der Waals surface area contributed by atoms with Crippen LogP contribution >= 0.6 is 0 Å². The average Bonchev–Trinajstić information content (AvgIpc) is 3.16. The van der Waals surface area contributed by atoms with Gasteiger partial charge in [0.25, 0.3) is 5.56 Å². The molecule has 2 aliphatic rings. The van der Waals surface area contributed by atoms with Crippen LogP contribution in [-0.4, -0.2) is 27.2 Å². The first-order chi connectivity index (χ1) is 15.9. The van der Waals surface area contributed by atoms with Crippen molar-refractivity contribution >= 4 is 28.2 Å². The van der Waals surface area contributed by atoms with Crippen LogP contribution in [-0.2, 0) is 28.3 Å². The third kappa shape index (κ3) is 3.28. The van der Waals surface area contributed by atoms with E-state index in [1.807, 2.05) is 18.2 Å². The Balaban J connectivity index is 1.66. The molecular formula is C25H28N4O4. The van der Waals surface area contributed by atoms with Gasteiger partial charge in [0.05, 0.1) is 34.7 Å². The van der Waals surface area contributed by atoms with Crippen molar-refractivity contribution in [1.82, 2.24) is 9.55 Å². The first-order valence-electron chi connectivity index (χ1n) is 11.5. The predicted octanol–water partition coefficient (Wildman–Crippen LogP) is 3.26. The molecule has 4 heterocycles. The molecule has 172 valence electrons. The maximum atomic E-state index is 13.3. The smallest absolute Gasteiger partial charge is 0.343 e. The Morgan fingerprint density at radius 2 is 2.03 bits per heavy atom. The van der Waals surface area contributed by atoms with Gasteiger partial charge in [0.2, 0.25) is 0 Å². The molecule has 0 bridgehead atoms. The molecule has 33 heavy (non-hydrogen) atoms. The highest BCUT2D eigenvalue weighted by Crippen LogP contribution is 2.39. The Hall–Kier alpha value is -3.39. The molecule has 8 heteroatoms. The van der Waals surface area contributed by atoms with Crippen LogP contribution in [0.3, 0.4) is 0 Å². The zero-order chi connectivity index (χ0) is 23.3. The molecule has 8 nitrogen and oxygen atoms in total. The number of aliphatic hydroxyl groups is 1. The number of aromatic nitrogens is 2. The first-order valence-corrected chi connectivity index (χ1v) is 11.5. The van der Waals surface area contributed by atoms with Crippen molar-refractivity contribution in [3.63, 3.8) is 0 Å². The second kappa shape index (κ2) is 7.88. The summed E-state index contributed by atoms with van der Waals surface area (Å²) in [5, 5.41) is 15.4. The maximum absolute atomic E-state index is 13.3. The number of ether oxygens (including phenoxy) is 1. The monoisotopic (exact) mass is 448 g/mol. The third-order valence-corrected chi connectivity index (χ3v) is 6.73. The minimum atomic E-state index is -1.83.